The molecule has 3 heterocycles. The van der Waals surface area contributed by atoms with Crippen molar-refractivity contribution in [2.45, 2.75) is 26.8 Å². The van der Waals surface area contributed by atoms with E-state index in [1.165, 1.54) is 0 Å². The van der Waals surface area contributed by atoms with Crippen LogP contribution in [0.2, 0.25) is 0 Å². The maximum absolute atomic E-state index is 4.54. The summed E-state index contributed by atoms with van der Waals surface area (Å²) in [6.45, 7) is 4.76. The van der Waals surface area contributed by atoms with Gasteiger partial charge in [0.2, 0.25) is 0 Å². The number of nitrogens with one attached hydrogen (secondary N) is 1. The van der Waals surface area contributed by atoms with Gasteiger partial charge in [-0.05, 0) is 13.3 Å². The quantitative estimate of drug-likeness (QED) is 0.800. The first-order chi connectivity index (χ1) is 9.17. The van der Waals surface area contributed by atoms with Crippen molar-refractivity contribution >= 4 is 38.2 Å². The van der Waals surface area contributed by atoms with Gasteiger partial charge >= 0.3 is 0 Å². The second kappa shape index (κ2) is 4.86. The lowest BCUT2D eigenvalue weighted by molar-refractivity contribution is 0.774. The predicted octanol–water partition coefficient (Wildman–Crippen LogP) is 2.36. The normalized spacial score (nSPS) is 11.3. The summed E-state index contributed by atoms with van der Waals surface area (Å²) < 4.78 is 2.95. The Morgan fingerprint density at radius 1 is 1.21 bits per heavy atom. The van der Waals surface area contributed by atoms with Gasteiger partial charge in [-0.2, -0.15) is 5.10 Å². The Hall–Kier alpha value is -1.54. The summed E-state index contributed by atoms with van der Waals surface area (Å²) in [5, 5.41) is 18.9. The second-order valence-electron chi connectivity index (χ2n) is 4.18. The first kappa shape index (κ1) is 12.5. The third-order valence-electron chi connectivity index (χ3n) is 2.75. The summed E-state index contributed by atoms with van der Waals surface area (Å²) in [6.07, 6.45) is 0.934. The van der Waals surface area contributed by atoms with Crippen molar-refractivity contribution in [2.75, 3.05) is 5.32 Å². The molecule has 3 aromatic heterocycles. The van der Waals surface area contributed by atoms with Crippen LogP contribution in [0.15, 0.2) is 0 Å². The Morgan fingerprint density at radius 2 is 2.00 bits per heavy atom. The highest BCUT2D eigenvalue weighted by atomic mass is 32.1. The Bertz CT molecular complexity index is 675. The van der Waals surface area contributed by atoms with E-state index >= 15 is 0 Å². The van der Waals surface area contributed by atoms with Crippen molar-refractivity contribution in [3.8, 4) is 0 Å². The lowest BCUT2D eigenvalue weighted by atomic mass is 10.5. The average Bonchev–Trinajstić information content (AvgIpc) is 3.07. The van der Waals surface area contributed by atoms with Gasteiger partial charge in [0.05, 0.1) is 16.9 Å². The van der Waals surface area contributed by atoms with Gasteiger partial charge in [-0.25, -0.2) is 9.67 Å². The number of rotatable bonds is 4. The van der Waals surface area contributed by atoms with Gasteiger partial charge in [-0.15, -0.1) is 10.2 Å². The van der Waals surface area contributed by atoms with Crippen molar-refractivity contribution in [2.24, 2.45) is 7.05 Å². The fourth-order valence-electron chi connectivity index (χ4n) is 1.81. The largest absolute Gasteiger partial charge is 0.355 e. The molecule has 0 aromatic carbocycles. The smallest absolute Gasteiger partial charge is 0.185 e. The van der Waals surface area contributed by atoms with Crippen molar-refractivity contribution in [3.63, 3.8) is 0 Å². The Balaban J connectivity index is 1.76. The highest BCUT2D eigenvalue weighted by Crippen LogP contribution is 2.28. The highest BCUT2D eigenvalue weighted by molar-refractivity contribution is 7.22. The standard InChI is InChI=1S/C11H14N6S2/c1-4-7-14-15-8(18-7)5-12-11-13-10-9(19-11)6(2)16-17(10)3/h4-5H2,1-3H3,(H,12,13). The molecule has 3 aromatic rings. The fourth-order valence-corrected chi connectivity index (χ4v) is 3.47. The number of nitrogens with zero attached hydrogens (tertiary/aromatic N) is 5. The van der Waals surface area contributed by atoms with Gasteiger partial charge in [-0.1, -0.05) is 29.6 Å². The number of aromatic nitrogens is 5. The Labute approximate surface area is 118 Å². The zero-order valence-corrected chi connectivity index (χ0v) is 12.6. The van der Waals surface area contributed by atoms with Gasteiger partial charge < -0.3 is 5.32 Å². The van der Waals surface area contributed by atoms with E-state index in [4.69, 9.17) is 0 Å². The minimum absolute atomic E-state index is 0.671. The minimum atomic E-state index is 0.671. The number of fused-ring (bicyclic) bond motifs is 1. The lowest BCUT2D eigenvalue weighted by Gasteiger charge is -1.97. The number of hydrogen-bond donors (Lipinski definition) is 1. The zero-order chi connectivity index (χ0) is 13.4. The molecule has 0 saturated carbocycles. The molecule has 3 rings (SSSR count). The monoisotopic (exact) mass is 294 g/mol. The molecule has 0 radical (unpaired) electrons. The Morgan fingerprint density at radius 3 is 2.68 bits per heavy atom. The van der Waals surface area contributed by atoms with Gasteiger partial charge in [-0.3, -0.25) is 0 Å². The second-order valence-corrected chi connectivity index (χ2v) is 6.32. The van der Waals surface area contributed by atoms with Gasteiger partial charge in [0, 0.05) is 7.05 Å². The summed E-state index contributed by atoms with van der Waals surface area (Å²) >= 11 is 3.27. The molecule has 0 aliphatic carbocycles. The van der Waals surface area contributed by atoms with Crippen LogP contribution < -0.4 is 5.32 Å². The number of anilines is 1. The van der Waals surface area contributed by atoms with Crippen molar-refractivity contribution in [1.82, 2.24) is 25.0 Å². The van der Waals surface area contributed by atoms with Crippen LogP contribution in [0.25, 0.3) is 10.3 Å². The number of thiazole rings is 1. The number of hydrogen-bond acceptors (Lipinski definition) is 7. The van der Waals surface area contributed by atoms with Gasteiger partial charge in [0.25, 0.3) is 0 Å². The number of aryl methyl sites for hydroxylation is 3. The van der Waals surface area contributed by atoms with E-state index in [9.17, 15) is 0 Å². The van der Waals surface area contributed by atoms with Crippen LogP contribution in [0, 0.1) is 6.92 Å². The molecule has 0 aliphatic rings. The summed E-state index contributed by atoms with van der Waals surface area (Å²) in [6, 6.07) is 0. The molecule has 100 valence electrons. The lowest BCUT2D eigenvalue weighted by Crippen LogP contribution is -1.99. The van der Waals surface area contributed by atoms with E-state index in [1.807, 2.05) is 18.7 Å². The van der Waals surface area contributed by atoms with Crippen LogP contribution in [0.3, 0.4) is 0 Å². The molecule has 0 saturated heterocycles. The molecule has 0 spiro atoms. The molecule has 0 amide bonds. The molecule has 0 unspecified atom stereocenters. The molecule has 1 N–H and O–H groups in total. The third-order valence-corrected chi connectivity index (χ3v) is 4.93. The predicted molar refractivity (Wildman–Crippen MR) is 77.7 cm³/mol. The van der Waals surface area contributed by atoms with Crippen LogP contribution in [0.5, 0.6) is 0 Å². The van der Waals surface area contributed by atoms with E-state index in [-0.39, 0.29) is 0 Å². The van der Waals surface area contributed by atoms with Crippen LogP contribution in [0.4, 0.5) is 5.13 Å². The summed E-state index contributed by atoms with van der Waals surface area (Å²) in [5.41, 5.74) is 1.95. The van der Waals surface area contributed by atoms with E-state index in [2.05, 4.69) is 32.5 Å². The third kappa shape index (κ3) is 2.33. The van der Waals surface area contributed by atoms with Crippen LogP contribution in [-0.2, 0) is 20.0 Å². The van der Waals surface area contributed by atoms with Crippen LogP contribution >= 0.6 is 22.7 Å². The highest BCUT2D eigenvalue weighted by Gasteiger charge is 2.12. The van der Waals surface area contributed by atoms with E-state index in [0.717, 1.165) is 37.6 Å². The topological polar surface area (TPSA) is 68.5 Å². The summed E-state index contributed by atoms with van der Waals surface area (Å²) in [7, 11) is 1.91. The van der Waals surface area contributed by atoms with Crippen LogP contribution in [0.1, 0.15) is 22.6 Å². The molecule has 6 nitrogen and oxygen atoms in total. The van der Waals surface area contributed by atoms with Crippen molar-refractivity contribution in [1.29, 1.82) is 0 Å². The molecule has 0 aliphatic heterocycles. The molecular weight excluding hydrogens is 280 g/mol. The van der Waals surface area contributed by atoms with Crippen molar-refractivity contribution < 1.29 is 0 Å². The van der Waals surface area contributed by atoms with Gasteiger partial charge in [0.15, 0.2) is 10.8 Å². The Kier molecular flexibility index (Phi) is 3.19. The molecule has 0 bridgehead atoms. The van der Waals surface area contributed by atoms with Crippen LogP contribution in [-0.4, -0.2) is 25.0 Å². The van der Waals surface area contributed by atoms with Gasteiger partial charge in [0.1, 0.15) is 10.0 Å². The molecule has 0 atom stereocenters. The maximum Gasteiger partial charge on any atom is 0.185 e. The molecule has 19 heavy (non-hydrogen) atoms. The van der Waals surface area contributed by atoms with E-state index in [1.54, 1.807) is 22.7 Å². The fraction of sp³-hybridized carbons (Fsp3) is 0.455. The van der Waals surface area contributed by atoms with E-state index in [0.29, 0.717) is 6.54 Å². The molecule has 8 heteroatoms. The maximum atomic E-state index is 4.54. The van der Waals surface area contributed by atoms with E-state index < -0.39 is 0 Å². The first-order valence-corrected chi connectivity index (χ1v) is 7.66. The molecular formula is C11H14N6S2. The summed E-state index contributed by atoms with van der Waals surface area (Å²) in [4.78, 5) is 4.54. The minimum Gasteiger partial charge on any atom is -0.355 e. The SMILES string of the molecule is CCc1nnc(CNc2nc3c(s2)c(C)nn3C)s1. The first-order valence-electron chi connectivity index (χ1n) is 6.02. The zero-order valence-electron chi connectivity index (χ0n) is 11.0. The average molecular weight is 294 g/mol. The van der Waals surface area contributed by atoms with Crippen molar-refractivity contribution in [3.05, 3.63) is 15.7 Å². The molecule has 0 fully saturated rings. The summed E-state index contributed by atoms with van der Waals surface area (Å²) in [5.74, 6) is 0.